The van der Waals surface area contributed by atoms with Crippen molar-refractivity contribution in [3.63, 3.8) is 0 Å². The molecule has 4 rings (SSSR count). The van der Waals surface area contributed by atoms with Gasteiger partial charge in [0.1, 0.15) is 0 Å². The third-order valence-corrected chi connectivity index (χ3v) is 5.69. The van der Waals surface area contributed by atoms with E-state index >= 15 is 0 Å². The zero-order chi connectivity index (χ0) is 19.3. The second kappa shape index (κ2) is 8.51. The Bertz CT molecular complexity index is 898. The first kappa shape index (κ1) is 18.6. The van der Waals surface area contributed by atoms with E-state index in [1.165, 1.54) is 24.0 Å². The van der Waals surface area contributed by atoms with Crippen LogP contribution in [0.3, 0.4) is 0 Å². The van der Waals surface area contributed by atoms with E-state index in [0.29, 0.717) is 6.10 Å². The molecule has 0 aliphatic heterocycles. The Kier molecular flexibility index (Phi) is 5.65. The number of ether oxygens (including phenoxy) is 2. The van der Waals surface area contributed by atoms with Gasteiger partial charge in [0.05, 0.1) is 19.5 Å². The van der Waals surface area contributed by atoms with E-state index in [2.05, 4.69) is 58.9 Å². The number of methoxy groups -OCH3 is 1. The van der Waals surface area contributed by atoms with Crippen LogP contribution in [0, 0.1) is 6.92 Å². The summed E-state index contributed by atoms with van der Waals surface area (Å²) in [6, 6.07) is 17.0. The molecule has 0 amide bonds. The summed E-state index contributed by atoms with van der Waals surface area (Å²) in [4.78, 5) is 4.29. The van der Waals surface area contributed by atoms with Crippen LogP contribution in [0.15, 0.2) is 61.1 Å². The minimum Gasteiger partial charge on any atom is -0.493 e. The van der Waals surface area contributed by atoms with Crippen LogP contribution in [-0.2, 0) is 6.54 Å². The Morgan fingerprint density at radius 1 is 1.04 bits per heavy atom. The molecule has 0 saturated heterocycles. The Labute approximate surface area is 167 Å². The van der Waals surface area contributed by atoms with Gasteiger partial charge in [0.2, 0.25) is 0 Å². The van der Waals surface area contributed by atoms with Crippen molar-refractivity contribution in [1.82, 2.24) is 9.55 Å². The molecule has 1 atom stereocenters. The molecule has 28 heavy (non-hydrogen) atoms. The molecular formula is C24H28N2O2. The summed E-state index contributed by atoms with van der Waals surface area (Å²) in [6.07, 6.45) is 8.87. The van der Waals surface area contributed by atoms with Gasteiger partial charge in [-0.25, -0.2) is 4.98 Å². The lowest BCUT2D eigenvalue weighted by atomic mass is 9.90. The molecule has 3 aromatic rings. The predicted molar refractivity (Wildman–Crippen MR) is 111 cm³/mol. The number of aryl methyl sites for hydroxylation is 1. The quantitative estimate of drug-likeness (QED) is 0.557. The first-order valence-electron chi connectivity index (χ1n) is 10.1. The highest BCUT2D eigenvalue weighted by Crippen LogP contribution is 2.36. The molecule has 0 radical (unpaired) electrons. The van der Waals surface area contributed by atoms with Crippen molar-refractivity contribution < 1.29 is 9.47 Å². The Morgan fingerprint density at radius 3 is 2.50 bits per heavy atom. The fraction of sp³-hybridized carbons (Fsp3) is 0.375. The fourth-order valence-electron chi connectivity index (χ4n) is 4.05. The molecule has 146 valence electrons. The van der Waals surface area contributed by atoms with Crippen LogP contribution in [0.25, 0.3) is 0 Å². The van der Waals surface area contributed by atoms with E-state index in [9.17, 15) is 0 Å². The molecule has 1 aliphatic rings. The minimum atomic E-state index is 0.214. The lowest BCUT2D eigenvalue weighted by Gasteiger charge is -2.22. The van der Waals surface area contributed by atoms with Gasteiger partial charge in [-0.3, -0.25) is 0 Å². The van der Waals surface area contributed by atoms with E-state index in [1.54, 1.807) is 7.11 Å². The van der Waals surface area contributed by atoms with Crippen LogP contribution < -0.4 is 9.47 Å². The average Bonchev–Trinajstić information content (AvgIpc) is 3.38. The lowest BCUT2D eigenvalue weighted by molar-refractivity contribution is 0.200. The van der Waals surface area contributed by atoms with E-state index in [-0.39, 0.29) is 5.92 Å². The number of nitrogens with zero attached hydrogens (tertiary/aromatic N) is 2. The highest BCUT2D eigenvalue weighted by Gasteiger charge is 2.21. The fourth-order valence-corrected chi connectivity index (χ4v) is 4.05. The number of benzene rings is 2. The van der Waals surface area contributed by atoms with E-state index in [4.69, 9.17) is 9.47 Å². The van der Waals surface area contributed by atoms with Gasteiger partial charge < -0.3 is 14.0 Å². The zero-order valence-electron chi connectivity index (χ0n) is 16.7. The third kappa shape index (κ3) is 4.06. The van der Waals surface area contributed by atoms with Crippen LogP contribution in [0.5, 0.6) is 11.5 Å². The van der Waals surface area contributed by atoms with Crippen LogP contribution in [0.2, 0.25) is 0 Å². The van der Waals surface area contributed by atoms with Gasteiger partial charge in [-0.1, -0.05) is 36.4 Å². The van der Waals surface area contributed by atoms with Gasteiger partial charge in [0.25, 0.3) is 0 Å². The SMILES string of the molecule is COc1ccc(C(Cn2cncc2C)c2ccccc2)cc1OC1CCCC1. The smallest absolute Gasteiger partial charge is 0.161 e. The summed E-state index contributed by atoms with van der Waals surface area (Å²) in [5, 5.41) is 0. The van der Waals surface area contributed by atoms with Crippen LogP contribution in [0.4, 0.5) is 0 Å². The van der Waals surface area contributed by atoms with Gasteiger partial charge in [0.15, 0.2) is 11.5 Å². The van der Waals surface area contributed by atoms with Crippen LogP contribution in [0.1, 0.15) is 48.4 Å². The summed E-state index contributed by atoms with van der Waals surface area (Å²) in [7, 11) is 1.71. The summed E-state index contributed by atoms with van der Waals surface area (Å²) < 4.78 is 14.1. The number of rotatable bonds is 7. The predicted octanol–water partition coefficient (Wildman–Crippen LogP) is 5.35. The van der Waals surface area contributed by atoms with Crippen molar-refractivity contribution >= 4 is 0 Å². The first-order chi connectivity index (χ1) is 13.7. The molecule has 4 nitrogen and oxygen atoms in total. The third-order valence-electron chi connectivity index (χ3n) is 5.69. The molecule has 1 aliphatic carbocycles. The molecule has 1 unspecified atom stereocenters. The molecule has 1 saturated carbocycles. The normalized spacial score (nSPS) is 15.5. The van der Waals surface area contributed by atoms with Crippen LogP contribution in [-0.4, -0.2) is 22.8 Å². The Morgan fingerprint density at radius 2 is 1.82 bits per heavy atom. The lowest BCUT2D eigenvalue weighted by Crippen LogP contribution is -2.14. The van der Waals surface area contributed by atoms with E-state index in [1.807, 2.05) is 18.6 Å². The van der Waals surface area contributed by atoms with E-state index in [0.717, 1.165) is 36.6 Å². The summed E-state index contributed by atoms with van der Waals surface area (Å²) >= 11 is 0. The first-order valence-corrected chi connectivity index (χ1v) is 10.1. The van der Waals surface area contributed by atoms with Crippen molar-refractivity contribution in [2.45, 2.75) is 51.2 Å². The summed E-state index contributed by atoms with van der Waals surface area (Å²) in [5.41, 5.74) is 3.68. The van der Waals surface area contributed by atoms with Crippen molar-refractivity contribution in [2.24, 2.45) is 0 Å². The standard InChI is InChI=1S/C24H28N2O2/c1-18-15-25-17-26(18)16-22(19-8-4-3-5-9-19)20-12-13-23(27-2)24(14-20)28-21-10-6-7-11-21/h3-5,8-9,12-15,17,21-22H,6-7,10-11,16H2,1-2H3. The molecule has 1 aromatic heterocycles. The largest absolute Gasteiger partial charge is 0.493 e. The van der Waals surface area contributed by atoms with Gasteiger partial charge in [0, 0.05) is 24.4 Å². The summed E-state index contributed by atoms with van der Waals surface area (Å²) in [5.74, 6) is 1.88. The zero-order valence-corrected chi connectivity index (χ0v) is 16.7. The van der Waals surface area contributed by atoms with Crippen LogP contribution >= 0.6 is 0 Å². The second-order valence-corrected chi connectivity index (χ2v) is 7.59. The maximum absolute atomic E-state index is 6.34. The number of aromatic nitrogens is 2. The van der Waals surface area contributed by atoms with Gasteiger partial charge in [-0.15, -0.1) is 0 Å². The number of hydrogen-bond acceptors (Lipinski definition) is 3. The summed E-state index contributed by atoms with van der Waals surface area (Å²) in [6.45, 7) is 2.93. The molecule has 0 spiro atoms. The Hall–Kier alpha value is -2.75. The van der Waals surface area contributed by atoms with Gasteiger partial charge >= 0.3 is 0 Å². The average molecular weight is 377 g/mol. The van der Waals surface area contributed by atoms with E-state index < -0.39 is 0 Å². The van der Waals surface area contributed by atoms with Gasteiger partial charge in [-0.2, -0.15) is 0 Å². The van der Waals surface area contributed by atoms with Crippen molar-refractivity contribution in [3.05, 3.63) is 77.9 Å². The molecule has 1 fully saturated rings. The molecule has 1 heterocycles. The Balaban J connectivity index is 1.69. The van der Waals surface area contributed by atoms with Crippen molar-refractivity contribution in [3.8, 4) is 11.5 Å². The molecule has 0 bridgehead atoms. The molecule has 4 heteroatoms. The highest BCUT2D eigenvalue weighted by molar-refractivity contribution is 5.46. The number of hydrogen-bond donors (Lipinski definition) is 0. The monoisotopic (exact) mass is 376 g/mol. The molecule has 2 aromatic carbocycles. The van der Waals surface area contributed by atoms with Crippen molar-refractivity contribution in [1.29, 1.82) is 0 Å². The minimum absolute atomic E-state index is 0.214. The van der Waals surface area contributed by atoms with Gasteiger partial charge in [-0.05, 0) is 55.9 Å². The maximum Gasteiger partial charge on any atom is 0.161 e. The second-order valence-electron chi connectivity index (χ2n) is 7.59. The highest BCUT2D eigenvalue weighted by atomic mass is 16.5. The molecular weight excluding hydrogens is 348 g/mol. The topological polar surface area (TPSA) is 36.3 Å². The molecule has 0 N–H and O–H groups in total. The maximum atomic E-state index is 6.34. The number of imidazole rings is 1. The van der Waals surface area contributed by atoms with Crippen molar-refractivity contribution in [2.75, 3.05) is 7.11 Å².